The largest absolute Gasteiger partial charge is 0.481 e. The molecule has 20 heavy (non-hydrogen) atoms. The lowest BCUT2D eigenvalue weighted by Crippen LogP contribution is -2.32. The zero-order valence-electron chi connectivity index (χ0n) is 11.6. The highest BCUT2D eigenvalue weighted by molar-refractivity contribution is 5.85. The smallest absolute Gasteiger partial charge is 0.303 e. The van der Waals surface area contributed by atoms with Crippen LogP contribution in [0.15, 0.2) is 24.3 Å². The van der Waals surface area contributed by atoms with Crippen molar-refractivity contribution in [3.63, 3.8) is 0 Å². The molecule has 0 aliphatic carbocycles. The first-order valence-electron chi connectivity index (χ1n) is 7.06. The maximum Gasteiger partial charge on any atom is 0.303 e. The molecule has 0 amide bonds. The first-order valence-corrected chi connectivity index (χ1v) is 7.06. The second-order valence-electron chi connectivity index (χ2n) is 5.60. The van der Waals surface area contributed by atoms with E-state index >= 15 is 0 Å². The minimum atomic E-state index is -0.749. The van der Waals surface area contributed by atoms with Crippen LogP contribution in [0.1, 0.15) is 37.4 Å². The number of carbonyl (C=O) groups is 1. The van der Waals surface area contributed by atoms with Gasteiger partial charge in [0.25, 0.3) is 0 Å². The molecule has 0 radical (unpaired) electrons. The first kappa shape index (κ1) is 13.2. The van der Waals surface area contributed by atoms with Crippen molar-refractivity contribution in [1.29, 1.82) is 0 Å². The third kappa shape index (κ3) is 2.20. The van der Waals surface area contributed by atoms with Gasteiger partial charge in [-0.15, -0.1) is 0 Å². The summed E-state index contributed by atoms with van der Waals surface area (Å²) in [5.41, 5.74) is 3.18. The van der Waals surface area contributed by atoms with Crippen molar-refractivity contribution >= 4 is 16.9 Å². The number of hydrogen-bond acceptors (Lipinski definition) is 2. The molecule has 0 spiro atoms. The van der Waals surface area contributed by atoms with Crippen molar-refractivity contribution in [2.24, 2.45) is 0 Å². The van der Waals surface area contributed by atoms with Crippen molar-refractivity contribution in [3.05, 3.63) is 35.5 Å². The predicted octanol–water partition coefficient (Wildman–Crippen LogP) is 3.21. The van der Waals surface area contributed by atoms with E-state index in [9.17, 15) is 4.79 Å². The van der Waals surface area contributed by atoms with E-state index in [0.29, 0.717) is 13.0 Å². The van der Waals surface area contributed by atoms with Crippen LogP contribution in [0.3, 0.4) is 0 Å². The number of aromatic amines is 1. The standard InChI is InChI=1S/C16H19NO3/c1-16(9-4-7-14(18)19)15-12(8-10-20-16)11-5-2-3-6-13(11)17-15/h2-3,5-6,17H,4,7-10H2,1H3,(H,18,19)/t16-/m1/s1. The topological polar surface area (TPSA) is 62.3 Å². The molecule has 4 heteroatoms. The number of rotatable bonds is 4. The Kier molecular flexibility index (Phi) is 3.26. The Hall–Kier alpha value is -1.81. The summed E-state index contributed by atoms with van der Waals surface area (Å²) in [6.45, 7) is 2.75. The Labute approximate surface area is 117 Å². The average Bonchev–Trinajstić information content (AvgIpc) is 2.79. The maximum absolute atomic E-state index is 10.7. The molecule has 1 aromatic carbocycles. The van der Waals surface area contributed by atoms with Crippen LogP contribution in [0, 0.1) is 0 Å². The van der Waals surface area contributed by atoms with E-state index in [2.05, 4.69) is 24.0 Å². The molecule has 106 valence electrons. The summed E-state index contributed by atoms with van der Waals surface area (Å²) in [7, 11) is 0. The van der Waals surface area contributed by atoms with Crippen molar-refractivity contribution in [2.45, 2.75) is 38.2 Å². The minimum absolute atomic E-state index is 0.189. The summed E-state index contributed by atoms with van der Waals surface area (Å²) in [6, 6.07) is 8.28. The third-order valence-electron chi connectivity index (χ3n) is 4.16. The van der Waals surface area contributed by atoms with E-state index < -0.39 is 11.6 Å². The maximum atomic E-state index is 10.7. The average molecular weight is 273 g/mol. The van der Waals surface area contributed by atoms with Gasteiger partial charge in [0, 0.05) is 17.3 Å². The van der Waals surface area contributed by atoms with E-state index in [1.54, 1.807) is 0 Å². The first-order chi connectivity index (χ1) is 9.60. The molecule has 4 nitrogen and oxygen atoms in total. The van der Waals surface area contributed by atoms with Crippen LogP contribution < -0.4 is 0 Å². The van der Waals surface area contributed by atoms with E-state index in [4.69, 9.17) is 9.84 Å². The number of carboxylic acids is 1. The molecular formula is C16H19NO3. The highest BCUT2D eigenvalue weighted by Gasteiger charge is 2.35. The van der Waals surface area contributed by atoms with Gasteiger partial charge in [0.05, 0.1) is 12.3 Å². The van der Waals surface area contributed by atoms with Crippen LogP contribution in [0.2, 0.25) is 0 Å². The normalized spacial score (nSPS) is 21.9. The SMILES string of the molecule is C[C@]1(CCCC(=O)O)OCCc2c1[nH]c1ccccc21. The van der Waals surface area contributed by atoms with Gasteiger partial charge in [0.2, 0.25) is 0 Å². The number of hydrogen-bond donors (Lipinski definition) is 2. The number of para-hydroxylation sites is 1. The molecule has 2 N–H and O–H groups in total. The molecule has 0 saturated heterocycles. The van der Waals surface area contributed by atoms with Crippen LogP contribution in [0.4, 0.5) is 0 Å². The monoisotopic (exact) mass is 273 g/mol. The third-order valence-corrected chi connectivity index (χ3v) is 4.16. The van der Waals surface area contributed by atoms with Crippen molar-refractivity contribution < 1.29 is 14.6 Å². The number of ether oxygens (including phenoxy) is 1. The number of aliphatic carboxylic acids is 1. The number of benzene rings is 1. The fourth-order valence-corrected chi connectivity index (χ4v) is 3.14. The zero-order chi connectivity index (χ0) is 14.2. The lowest BCUT2D eigenvalue weighted by molar-refractivity contribution is -0.137. The van der Waals surface area contributed by atoms with Gasteiger partial charge < -0.3 is 14.8 Å². The molecule has 1 aromatic heterocycles. The Bertz CT molecular complexity index is 646. The Balaban J connectivity index is 1.94. The molecule has 0 unspecified atom stereocenters. The van der Waals surface area contributed by atoms with Crippen molar-refractivity contribution in [2.75, 3.05) is 6.61 Å². The summed E-state index contributed by atoms with van der Waals surface area (Å²) < 4.78 is 5.98. The molecule has 2 aromatic rings. The number of H-pyrrole nitrogens is 1. The second kappa shape index (κ2) is 4.94. The quantitative estimate of drug-likeness (QED) is 0.899. The number of carboxylic acid groups (broad SMARTS) is 1. The van der Waals surface area contributed by atoms with Crippen LogP contribution >= 0.6 is 0 Å². The summed E-state index contributed by atoms with van der Waals surface area (Å²) in [5, 5.41) is 10.0. The van der Waals surface area contributed by atoms with E-state index in [-0.39, 0.29) is 6.42 Å². The van der Waals surface area contributed by atoms with E-state index in [1.807, 2.05) is 12.1 Å². The molecule has 0 saturated carbocycles. The summed E-state index contributed by atoms with van der Waals surface area (Å²) in [4.78, 5) is 14.2. The van der Waals surface area contributed by atoms with Gasteiger partial charge in [-0.3, -0.25) is 4.79 Å². The number of aromatic nitrogens is 1. The van der Waals surface area contributed by atoms with Gasteiger partial charge in [0.1, 0.15) is 5.60 Å². The predicted molar refractivity (Wildman–Crippen MR) is 76.8 cm³/mol. The fraction of sp³-hybridized carbons (Fsp3) is 0.438. The summed E-state index contributed by atoms with van der Waals surface area (Å²) in [6.07, 6.45) is 2.45. The Morgan fingerprint density at radius 1 is 1.45 bits per heavy atom. The summed E-state index contributed by atoms with van der Waals surface area (Å²) in [5.74, 6) is -0.749. The van der Waals surface area contributed by atoms with E-state index in [0.717, 1.165) is 24.1 Å². The molecule has 2 heterocycles. The Morgan fingerprint density at radius 3 is 3.05 bits per heavy atom. The van der Waals surface area contributed by atoms with Gasteiger partial charge >= 0.3 is 5.97 Å². The van der Waals surface area contributed by atoms with Crippen molar-refractivity contribution in [3.8, 4) is 0 Å². The number of nitrogens with one attached hydrogen (secondary N) is 1. The fourth-order valence-electron chi connectivity index (χ4n) is 3.14. The van der Waals surface area contributed by atoms with Crippen LogP contribution in [0.5, 0.6) is 0 Å². The van der Waals surface area contributed by atoms with Gasteiger partial charge in [0.15, 0.2) is 0 Å². The molecule has 0 fully saturated rings. The van der Waals surface area contributed by atoms with Gasteiger partial charge in [-0.05, 0) is 37.8 Å². The van der Waals surface area contributed by atoms with Gasteiger partial charge in [-0.25, -0.2) is 0 Å². The Morgan fingerprint density at radius 2 is 2.25 bits per heavy atom. The molecule has 3 rings (SSSR count). The van der Waals surface area contributed by atoms with Crippen LogP contribution in [-0.4, -0.2) is 22.7 Å². The minimum Gasteiger partial charge on any atom is -0.481 e. The van der Waals surface area contributed by atoms with Crippen LogP contribution in [0.25, 0.3) is 10.9 Å². The lowest BCUT2D eigenvalue weighted by Gasteiger charge is -2.34. The highest BCUT2D eigenvalue weighted by atomic mass is 16.5. The molecular weight excluding hydrogens is 254 g/mol. The van der Waals surface area contributed by atoms with Crippen LogP contribution in [-0.2, 0) is 21.6 Å². The highest BCUT2D eigenvalue weighted by Crippen LogP contribution is 2.39. The van der Waals surface area contributed by atoms with Crippen molar-refractivity contribution in [1.82, 2.24) is 4.98 Å². The molecule has 1 atom stereocenters. The lowest BCUT2D eigenvalue weighted by atomic mass is 9.88. The zero-order valence-corrected chi connectivity index (χ0v) is 11.6. The van der Waals surface area contributed by atoms with Gasteiger partial charge in [-0.2, -0.15) is 0 Å². The second-order valence-corrected chi connectivity index (χ2v) is 5.60. The summed E-state index contributed by atoms with van der Waals surface area (Å²) >= 11 is 0. The molecule has 0 bridgehead atoms. The number of fused-ring (bicyclic) bond motifs is 3. The van der Waals surface area contributed by atoms with E-state index in [1.165, 1.54) is 10.9 Å². The molecule has 1 aliphatic rings. The molecule has 1 aliphatic heterocycles. The van der Waals surface area contributed by atoms with Gasteiger partial charge in [-0.1, -0.05) is 18.2 Å².